The van der Waals surface area contributed by atoms with Crippen LogP contribution < -0.4 is 5.32 Å². The van der Waals surface area contributed by atoms with Gasteiger partial charge in [-0.05, 0) is 38.0 Å². The van der Waals surface area contributed by atoms with E-state index in [0.717, 1.165) is 37.7 Å². The molecule has 0 aromatic heterocycles. The lowest BCUT2D eigenvalue weighted by atomic mass is 9.83. The van der Waals surface area contributed by atoms with Gasteiger partial charge in [-0.15, -0.1) is 0 Å². The van der Waals surface area contributed by atoms with E-state index < -0.39 is 0 Å². The van der Waals surface area contributed by atoms with Crippen molar-refractivity contribution in [2.45, 2.75) is 38.7 Å². The lowest BCUT2D eigenvalue weighted by Crippen LogP contribution is -2.86. The van der Waals surface area contributed by atoms with Crippen LogP contribution in [0.15, 0.2) is 24.3 Å². The van der Waals surface area contributed by atoms with E-state index >= 15 is 0 Å². The van der Waals surface area contributed by atoms with Gasteiger partial charge in [0.2, 0.25) is 0 Å². The van der Waals surface area contributed by atoms with Gasteiger partial charge in [0.05, 0.1) is 18.7 Å². The molecule has 116 valence electrons. The fourth-order valence-electron chi connectivity index (χ4n) is 2.92. The Morgan fingerprint density at radius 2 is 1.90 bits per heavy atom. The summed E-state index contributed by atoms with van der Waals surface area (Å²) >= 11 is 3.42. The number of nitrogens with two attached hydrogens (primary N) is 1. The van der Waals surface area contributed by atoms with E-state index in [4.69, 9.17) is 4.74 Å². The van der Waals surface area contributed by atoms with Gasteiger partial charge in [0.25, 0.3) is 0 Å². The summed E-state index contributed by atoms with van der Waals surface area (Å²) in [5.74, 6) is 0.249. The molecule has 1 aromatic carbocycles. The van der Waals surface area contributed by atoms with Crippen LogP contribution in [0.25, 0.3) is 0 Å². The van der Waals surface area contributed by atoms with Gasteiger partial charge in [0.15, 0.2) is 0 Å². The molecule has 1 aliphatic heterocycles. The minimum atomic E-state index is -0.389. The van der Waals surface area contributed by atoms with Crippen LogP contribution in [0.2, 0.25) is 0 Å². The Kier molecular flexibility index (Phi) is 5.82. The predicted octanol–water partition coefficient (Wildman–Crippen LogP) is 2.53. The molecule has 0 amide bonds. The van der Waals surface area contributed by atoms with E-state index in [9.17, 15) is 4.79 Å². The Labute approximate surface area is 135 Å². The normalized spacial score (nSPS) is 16.7. The summed E-state index contributed by atoms with van der Waals surface area (Å²) in [6.45, 7) is 6.35. The van der Waals surface area contributed by atoms with Gasteiger partial charge < -0.3 is 10.1 Å². The third-order valence-corrected chi connectivity index (χ3v) is 4.75. The van der Waals surface area contributed by atoms with Crippen molar-refractivity contribution >= 4 is 21.9 Å². The zero-order chi connectivity index (χ0) is 15.3. The van der Waals surface area contributed by atoms with E-state index in [2.05, 4.69) is 21.2 Å². The molecule has 0 saturated carbocycles. The third-order valence-electron chi connectivity index (χ3n) is 4.35. The average molecular weight is 355 g/mol. The molecular weight excluding hydrogens is 330 g/mol. The summed E-state index contributed by atoms with van der Waals surface area (Å²) in [6.07, 6.45) is 3.20. The van der Waals surface area contributed by atoms with E-state index in [-0.39, 0.29) is 11.6 Å². The number of hydrogen-bond donors (Lipinski definition) is 1. The van der Waals surface area contributed by atoms with Crippen molar-refractivity contribution in [3.63, 3.8) is 0 Å². The SMILES string of the molecule is CC(C)(OC(=O)c1ccc(CCBr)cc1)C1CC[NH2+]CC1. The van der Waals surface area contributed by atoms with Gasteiger partial charge in [-0.3, -0.25) is 0 Å². The highest BCUT2D eigenvalue weighted by Gasteiger charge is 2.35. The number of rotatable bonds is 5. The highest BCUT2D eigenvalue weighted by Crippen LogP contribution is 2.28. The van der Waals surface area contributed by atoms with Crippen molar-refractivity contribution in [2.24, 2.45) is 5.92 Å². The van der Waals surface area contributed by atoms with Crippen LogP contribution in [0.3, 0.4) is 0 Å². The number of piperidine rings is 1. The first-order valence-electron chi connectivity index (χ1n) is 7.73. The summed E-state index contributed by atoms with van der Waals surface area (Å²) in [5.41, 5.74) is 1.48. The van der Waals surface area contributed by atoms with E-state index in [1.807, 2.05) is 38.1 Å². The zero-order valence-corrected chi connectivity index (χ0v) is 14.5. The maximum absolute atomic E-state index is 12.3. The van der Waals surface area contributed by atoms with Gasteiger partial charge in [-0.1, -0.05) is 28.1 Å². The standard InChI is InChI=1S/C17H24BrNO2/c1-17(2,15-8-11-19-12-9-15)21-16(20)14-5-3-13(4-6-14)7-10-18/h3-6,15,19H,7-12H2,1-2H3/p+1. The van der Waals surface area contributed by atoms with E-state index in [1.165, 1.54) is 5.56 Å². The predicted molar refractivity (Wildman–Crippen MR) is 87.8 cm³/mol. The highest BCUT2D eigenvalue weighted by atomic mass is 79.9. The second kappa shape index (κ2) is 7.41. The molecule has 0 aliphatic carbocycles. The number of aryl methyl sites for hydroxylation is 1. The summed E-state index contributed by atoms with van der Waals surface area (Å²) in [5, 5.41) is 3.26. The fraction of sp³-hybridized carbons (Fsp3) is 0.588. The molecule has 4 heteroatoms. The summed E-state index contributed by atoms with van der Waals surface area (Å²) < 4.78 is 5.80. The van der Waals surface area contributed by atoms with Gasteiger partial charge >= 0.3 is 5.97 Å². The highest BCUT2D eigenvalue weighted by molar-refractivity contribution is 9.09. The molecule has 0 spiro atoms. The van der Waals surface area contributed by atoms with Crippen molar-refractivity contribution in [1.82, 2.24) is 0 Å². The molecule has 2 rings (SSSR count). The quantitative estimate of drug-likeness (QED) is 0.652. The summed E-state index contributed by atoms with van der Waals surface area (Å²) in [4.78, 5) is 12.3. The first kappa shape index (κ1) is 16.5. The Bertz CT molecular complexity index is 464. The lowest BCUT2D eigenvalue weighted by molar-refractivity contribution is -0.665. The van der Waals surface area contributed by atoms with Crippen molar-refractivity contribution in [2.75, 3.05) is 18.4 Å². The van der Waals surface area contributed by atoms with Crippen molar-refractivity contribution in [3.8, 4) is 0 Å². The topological polar surface area (TPSA) is 42.9 Å². The first-order valence-corrected chi connectivity index (χ1v) is 8.85. The van der Waals surface area contributed by atoms with Crippen molar-refractivity contribution in [3.05, 3.63) is 35.4 Å². The largest absolute Gasteiger partial charge is 0.456 e. The Balaban J connectivity index is 1.99. The molecule has 21 heavy (non-hydrogen) atoms. The molecule has 3 nitrogen and oxygen atoms in total. The second-order valence-electron chi connectivity index (χ2n) is 6.27. The molecule has 0 atom stereocenters. The molecule has 0 bridgehead atoms. The third kappa shape index (κ3) is 4.55. The maximum Gasteiger partial charge on any atom is 0.338 e. The van der Waals surface area contributed by atoms with Crippen LogP contribution in [-0.4, -0.2) is 30.0 Å². The van der Waals surface area contributed by atoms with Crippen LogP contribution in [0.5, 0.6) is 0 Å². The lowest BCUT2D eigenvalue weighted by Gasteiger charge is -2.35. The minimum absolute atomic E-state index is 0.208. The van der Waals surface area contributed by atoms with Crippen LogP contribution >= 0.6 is 15.9 Å². The number of carbonyl (C=O) groups excluding carboxylic acids is 1. The molecule has 1 aliphatic rings. The maximum atomic E-state index is 12.3. The zero-order valence-electron chi connectivity index (χ0n) is 12.9. The number of esters is 1. The molecular formula is C17H25BrNO2+. The number of ether oxygens (including phenoxy) is 1. The Morgan fingerprint density at radius 1 is 1.29 bits per heavy atom. The number of benzene rings is 1. The molecule has 2 N–H and O–H groups in total. The second-order valence-corrected chi connectivity index (χ2v) is 7.06. The van der Waals surface area contributed by atoms with Crippen molar-refractivity contribution < 1.29 is 14.8 Å². The molecule has 1 aromatic rings. The molecule has 1 fully saturated rings. The first-order chi connectivity index (χ1) is 10.0. The van der Waals surface area contributed by atoms with Gasteiger partial charge in [0.1, 0.15) is 5.60 Å². The van der Waals surface area contributed by atoms with Gasteiger partial charge in [-0.25, -0.2) is 4.79 Å². The van der Waals surface area contributed by atoms with Crippen LogP contribution in [0, 0.1) is 5.92 Å². The Hall–Kier alpha value is -0.870. The van der Waals surface area contributed by atoms with Crippen LogP contribution in [0.1, 0.15) is 42.6 Å². The summed E-state index contributed by atoms with van der Waals surface area (Å²) in [7, 11) is 0. The Morgan fingerprint density at radius 3 is 2.48 bits per heavy atom. The average Bonchev–Trinajstić information content (AvgIpc) is 2.49. The molecule has 0 radical (unpaired) electrons. The number of halogens is 1. The fourth-order valence-corrected chi connectivity index (χ4v) is 3.38. The molecule has 1 saturated heterocycles. The number of alkyl halides is 1. The smallest absolute Gasteiger partial charge is 0.338 e. The summed E-state index contributed by atoms with van der Waals surface area (Å²) in [6, 6.07) is 7.73. The molecule has 0 unspecified atom stereocenters. The van der Waals surface area contributed by atoms with Crippen LogP contribution in [0.4, 0.5) is 0 Å². The van der Waals surface area contributed by atoms with Crippen molar-refractivity contribution in [1.29, 1.82) is 0 Å². The number of carbonyl (C=O) groups is 1. The monoisotopic (exact) mass is 354 g/mol. The molecule has 1 heterocycles. The number of quaternary nitrogens is 1. The van der Waals surface area contributed by atoms with E-state index in [1.54, 1.807) is 0 Å². The van der Waals surface area contributed by atoms with Crippen LogP contribution in [-0.2, 0) is 11.2 Å². The van der Waals surface area contributed by atoms with E-state index in [0.29, 0.717) is 11.5 Å². The van der Waals surface area contributed by atoms with Gasteiger partial charge in [-0.2, -0.15) is 0 Å². The number of hydrogen-bond acceptors (Lipinski definition) is 2. The van der Waals surface area contributed by atoms with Gasteiger partial charge in [0, 0.05) is 24.1 Å². The minimum Gasteiger partial charge on any atom is -0.456 e.